The maximum atomic E-state index is 11.2. The largest absolute Gasteiger partial charge is 0.384 e. The Morgan fingerprint density at radius 1 is 1.50 bits per heavy atom. The molecule has 1 unspecified atom stereocenters. The molecule has 0 amide bonds. The maximum absolute atomic E-state index is 11.2. The lowest BCUT2D eigenvalue weighted by Crippen LogP contribution is -2.29. The summed E-state index contributed by atoms with van der Waals surface area (Å²) in [4.78, 5) is 0. The van der Waals surface area contributed by atoms with Gasteiger partial charge in [0.25, 0.3) is 0 Å². The van der Waals surface area contributed by atoms with Crippen LogP contribution in [0.4, 0.5) is 0 Å². The summed E-state index contributed by atoms with van der Waals surface area (Å²) in [5.41, 5.74) is 0. The zero-order chi connectivity index (χ0) is 11.0. The topological polar surface area (TPSA) is 55.4 Å². The number of hydrogen-bond acceptors (Lipinski definition) is 3. The van der Waals surface area contributed by atoms with Crippen LogP contribution in [0.3, 0.4) is 0 Å². The fourth-order valence-electron chi connectivity index (χ4n) is 0.876. The van der Waals surface area contributed by atoms with E-state index in [1.807, 2.05) is 6.92 Å². The van der Waals surface area contributed by atoms with Crippen LogP contribution in [-0.4, -0.2) is 39.8 Å². The molecule has 0 aromatic carbocycles. The van der Waals surface area contributed by atoms with Crippen molar-refractivity contribution in [3.8, 4) is 0 Å². The van der Waals surface area contributed by atoms with Gasteiger partial charge in [-0.25, -0.2) is 13.1 Å². The normalized spacial score (nSPS) is 14.2. The number of hydrogen-bond donors (Lipinski definition) is 1. The highest BCUT2D eigenvalue weighted by Gasteiger charge is 2.08. The van der Waals surface area contributed by atoms with Gasteiger partial charge in [0.05, 0.1) is 12.4 Å². The van der Waals surface area contributed by atoms with E-state index in [2.05, 4.69) is 9.46 Å². The van der Waals surface area contributed by atoms with Gasteiger partial charge in [-0.1, -0.05) is 0 Å². The molecule has 1 N–H and O–H groups in total. The van der Waals surface area contributed by atoms with Crippen LogP contribution in [-0.2, 0) is 14.8 Å². The minimum absolute atomic E-state index is 0.0138. The second-order valence-corrected chi connectivity index (χ2v) is 5.80. The van der Waals surface area contributed by atoms with Gasteiger partial charge in [-0.3, -0.25) is 0 Å². The molecule has 4 nitrogen and oxygen atoms in total. The molecule has 0 aromatic heterocycles. The summed E-state index contributed by atoms with van der Waals surface area (Å²) in [6.07, 6.45) is 1.57. The molecule has 0 aliphatic carbocycles. The molecule has 0 radical (unpaired) electrons. The van der Waals surface area contributed by atoms with Crippen LogP contribution in [0.15, 0.2) is 0 Å². The van der Waals surface area contributed by atoms with Crippen LogP contribution in [0.2, 0.25) is 0 Å². The minimum atomic E-state index is -3.16. The Bertz CT molecular complexity index is 229. The maximum Gasteiger partial charge on any atom is 0.213 e. The average molecular weight is 244 g/mol. The molecule has 0 heterocycles. The summed E-state index contributed by atoms with van der Waals surface area (Å²) in [6, 6.07) is 0. The van der Waals surface area contributed by atoms with Gasteiger partial charge in [-0.05, 0) is 19.8 Å². The van der Waals surface area contributed by atoms with Gasteiger partial charge in [-0.15, -0.1) is 11.6 Å². The molecular weight excluding hydrogens is 226 g/mol. The molecule has 0 fully saturated rings. The third kappa shape index (κ3) is 8.74. The van der Waals surface area contributed by atoms with Gasteiger partial charge in [0.2, 0.25) is 10.0 Å². The van der Waals surface area contributed by atoms with Gasteiger partial charge in [-0.2, -0.15) is 0 Å². The van der Waals surface area contributed by atoms with Crippen LogP contribution >= 0.6 is 11.6 Å². The van der Waals surface area contributed by atoms with E-state index in [1.165, 1.54) is 7.11 Å². The molecular formula is C8H18ClNO3S. The molecule has 0 bridgehead atoms. The molecule has 0 saturated carbocycles. The average Bonchev–Trinajstić information content (AvgIpc) is 2.09. The van der Waals surface area contributed by atoms with E-state index >= 15 is 0 Å². The Kier molecular flexibility index (Phi) is 7.54. The monoisotopic (exact) mass is 243 g/mol. The first-order chi connectivity index (χ1) is 6.48. The Morgan fingerprint density at radius 3 is 2.64 bits per heavy atom. The number of alkyl halides is 1. The first-order valence-corrected chi connectivity index (χ1v) is 6.67. The molecule has 0 rings (SSSR count). The van der Waals surface area contributed by atoms with Crippen molar-refractivity contribution >= 4 is 21.6 Å². The van der Waals surface area contributed by atoms with E-state index in [0.29, 0.717) is 6.54 Å². The summed E-state index contributed by atoms with van der Waals surface area (Å²) in [5, 5.41) is 0.0958. The third-order valence-electron chi connectivity index (χ3n) is 1.66. The van der Waals surface area contributed by atoms with Crippen LogP contribution < -0.4 is 4.72 Å². The summed E-state index contributed by atoms with van der Waals surface area (Å²) in [7, 11) is -1.68. The Labute approximate surface area is 91.0 Å². The van der Waals surface area contributed by atoms with E-state index in [4.69, 9.17) is 11.6 Å². The second kappa shape index (κ2) is 7.45. The standard InChI is InChI=1S/C8H18ClNO3S/c1-8(9)4-3-5-10-14(11,12)7-6-13-2/h8,10H,3-7H2,1-2H3. The van der Waals surface area contributed by atoms with E-state index in [1.54, 1.807) is 0 Å². The molecule has 0 spiro atoms. The van der Waals surface area contributed by atoms with Crippen molar-refractivity contribution in [1.29, 1.82) is 0 Å². The van der Waals surface area contributed by atoms with Crippen LogP contribution in [0.5, 0.6) is 0 Å². The predicted octanol–water partition coefficient (Wildman–Crippen LogP) is 0.960. The second-order valence-electron chi connectivity index (χ2n) is 3.13. The van der Waals surface area contributed by atoms with Gasteiger partial charge >= 0.3 is 0 Å². The lowest BCUT2D eigenvalue weighted by molar-refractivity contribution is 0.217. The number of halogens is 1. The van der Waals surface area contributed by atoms with Crippen molar-refractivity contribution in [3.63, 3.8) is 0 Å². The van der Waals surface area contributed by atoms with Crippen molar-refractivity contribution in [1.82, 2.24) is 4.72 Å². The molecule has 0 saturated heterocycles. The first-order valence-electron chi connectivity index (χ1n) is 4.58. The predicted molar refractivity (Wildman–Crippen MR) is 58.2 cm³/mol. The lowest BCUT2D eigenvalue weighted by Gasteiger charge is -2.06. The summed E-state index contributed by atoms with van der Waals surface area (Å²) >= 11 is 5.71. The first kappa shape index (κ1) is 14.2. The van der Waals surface area contributed by atoms with E-state index in [9.17, 15) is 8.42 Å². The van der Waals surface area contributed by atoms with Crippen molar-refractivity contribution in [3.05, 3.63) is 0 Å². The van der Waals surface area contributed by atoms with Crippen LogP contribution in [0.25, 0.3) is 0 Å². The molecule has 86 valence electrons. The SMILES string of the molecule is COCCS(=O)(=O)NCCCC(C)Cl. The summed E-state index contributed by atoms with van der Waals surface area (Å²) < 4.78 is 29.6. The Hall–Kier alpha value is 0.160. The van der Waals surface area contributed by atoms with Gasteiger partial charge < -0.3 is 4.74 Å². The molecule has 6 heteroatoms. The van der Waals surface area contributed by atoms with Gasteiger partial charge in [0, 0.05) is 19.0 Å². The molecule has 14 heavy (non-hydrogen) atoms. The van der Waals surface area contributed by atoms with Gasteiger partial charge in [0.15, 0.2) is 0 Å². The lowest BCUT2D eigenvalue weighted by atomic mass is 10.2. The highest BCUT2D eigenvalue weighted by molar-refractivity contribution is 7.89. The molecule has 0 aliphatic heterocycles. The summed E-state index contributed by atoms with van der Waals surface area (Å²) in [6.45, 7) is 2.56. The van der Waals surface area contributed by atoms with Crippen LogP contribution in [0.1, 0.15) is 19.8 Å². The van der Waals surface area contributed by atoms with Crippen molar-refractivity contribution in [2.75, 3.05) is 26.0 Å². The smallest absolute Gasteiger partial charge is 0.213 e. The van der Waals surface area contributed by atoms with Crippen LogP contribution in [0, 0.1) is 0 Å². The van der Waals surface area contributed by atoms with E-state index in [-0.39, 0.29) is 17.7 Å². The minimum Gasteiger partial charge on any atom is -0.384 e. The van der Waals surface area contributed by atoms with Crippen molar-refractivity contribution in [2.45, 2.75) is 25.1 Å². The highest BCUT2D eigenvalue weighted by Crippen LogP contribution is 2.02. The number of nitrogens with one attached hydrogen (secondary N) is 1. The number of sulfonamides is 1. The van der Waals surface area contributed by atoms with Gasteiger partial charge in [0.1, 0.15) is 0 Å². The zero-order valence-corrected chi connectivity index (χ0v) is 10.2. The highest BCUT2D eigenvalue weighted by atomic mass is 35.5. The molecule has 0 aromatic rings. The number of rotatable bonds is 8. The van der Waals surface area contributed by atoms with Crippen molar-refractivity contribution in [2.24, 2.45) is 0 Å². The van der Waals surface area contributed by atoms with E-state index in [0.717, 1.165) is 12.8 Å². The number of methoxy groups -OCH3 is 1. The zero-order valence-electron chi connectivity index (χ0n) is 8.62. The Morgan fingerprint density at radius 2 is 2.14 bits per heavy atom. The molecule has 0 aliphatic rings. The van der Waals surface area contributed by atoms with Crippen molar-refractivity contribution < 1.29 is 13.2 Å². The molecule has 1 atom stereocenters. The third-order valence-corrected chi connectivity index (χ3v) is 3.22. The quantitative estimate of drug-likeness (QED) is 0.510. The summed E-state index contributed by atoms with van der Waals surface area (Å²) in [5.74, 6) is 0.0138. The Balaban J connectivity index is 3.56. The fraction of sp³-hybridized carbons (Fsp3) is 1.00. The number of ether oxygens (including phenoxy) is 1. The fourth-order valence-corrected chi connectivity index (χ4v) is 2.02. The van der Waals surface area contributed by atoms with E-state index < -0.39 is 10.0 Å².